The van der Waals surface area contributed by atoms with Gasteiger partial charge in [-0.05, 0) is 31.5 Å². The Morgan fingerprint density at radius 3 is 2.18 bits per heavy atom. The van der Waals surface area contributed by atoms with Gasteiger partial charge in [-0.1, -0.05) is 12.1 Å². The fourth-order valence-corrected chi connectivity index (χ4v) is 3.89. The number of aromatic nitrogens is 2. The summed E-state index contributed by atoms with van der Waals surface area (Å²) >= 11 is 0. The standard InChI is InChI=1S/C21H28N6O/c1-17-4-3-5-19(14-17)25-10-12-27(13-11-25)21-22-18(2)15-20(23-21)26-8-6-24(16-28)7-9-26/h3-5,14-16H,6-13H2,1-2H3. The maximum atomic E-state index is 10.9. The minimum absolute atomic E-state index is 0.747. The lowest BCUT2D eigenvalue weighted by atomic mass is 10.2. The van der Waals surface area contributed by atoms with E-state index in [0.29, 0.717) is 0 Å². The van der Waals surface area contributed by atoms with Gasteiger partial charge < -0.3 is 19.6 Å². The molecule has 2 aliphatic rings. The van der Waals surface area contributed by atoms with Crippen molar-refractivity contribution >= 4 is 23.9 Å². The zero-order chi connectivity index (χ0) is 19.5. The summed E-state index contributed by atoms with van der Waals surface area (Å²) in [6.45, 7) is 11.0. The van der Waals surface area contributed by atoms with Crippen molar-refractivity contribution in [3.8, 4) is 0 Å². The Morgan fingerprint density at radius 2 is 1.50 bits per heavy atom. The fourth-order valence-electron chi connectivity index (χ4n) is 3.89. The Morgan fingerprint density at radius 1 is 0.821 bits per heavy atom. The highest BCUT2D eigenvalue weighted by atomic mass is 16.1. The Bertz CT molecular complexity index is 825. The third-order valence-electron chi connectivity index (χ3n) is 5.55. The van der Waals surface area contributed by atoms with Crippen LogP contribution in [0, 0.1) is 13.8 Å². The lowest BCUT2D eigenvalue weighted by Crippen LogP contribution is -2.48. The van der Waals surface area contributed by atoms with Crippen molar-refractivity contribution in [2.75, 3.05) is 67.1 Å². The second-order valence-electron chi connectivity index (χ2n) is 7.61. The molecule has 28 heavy (non-hydrogen) atoms. The molecule has 2 saturated heterocycles. The smallest absolute Gasteiger partial charge is 0.227 e. The molecule has 0 N–H and O–H groups in total. The first-order valence-electron chi connectivity index (χ1n) is 9.99. The summed E-state index contributed by atoms with van der Waals surface area (Å²) < 4.78 is 0. The van der Waals surface area contributed by atoms with Crippen LogP contribution in [0.25, 0.3) is 0 Å². The van der Waals surface area contributed by atoms with Crippen LogP contribution >= 0.6 is 0 Å². The van der Waals surface area contributed by atoms with Crippen molar-refractivity contribution in [3.63, 3.8) is 0 Å². The summed E-state index contributed by atoms with van der Waals surface area (Å²) in [4.78, 5) is 29.3. The number of anilines is 3. The minimum Gasteiger partial charge on any atom is -0.368 e. The summed E-state index contributed by atoms with van der Waals surface area (Å²) in [5, 5.41) is 0. The van der Waals surface area contributed by atoms with Crippen molar-refractivity contribution in [1.82, 2.24) is 14.9 Å². The van der Waals surface area contributed by atoms with Gasteiger partial charge in [0.15, 0.2) is 0 Å². The molecule has 1 aromatic carbocycles. The summed E-state index contributed by atoms with van der Waals surface area (Å²) in [6, 6.07) is 10.7. The highest BCUT2D eigenvalue weighted by Crippen LogP contribution is 2.22. The van der Waals surface area contributed by atoms with Gasteiger partial charge in [-0.25, -0.2) is 4.98 Å². The summed E-state index contributed by atoms with van der Waals surface area (Å²) in [5.41, 5.74) is 3.57. The largest absolute Gasteiger partial charge is 0.368 e. The van der Waals surface area contributed by atoms with E-state index in [2.05, 4.69) is 45.9 Å². The van der Waals surface area contributed by atoms with E-state index < -0.39 is 0 Å². The average molecular weight is 380 g/mol. The first-order valence-corrected chi connectivity index (χ1v) is 9.99. The van der Waals surface area contributed by atoms with Gasteiger partial charge in [0.05, 0.1) is 0 Å². The van der Waals surface area contributed by atoms with Gasteiger partial charge in [0.2, 0.25) is 12.4 Å². The summed E-state index contributed by atoms with van der Waals surface area (Å²) in [5.74, 6) is 1.78. The Labute approximate surface area is 166 Å². The summed E-state index contributed by atoms with van der Waals surface area (Å²) in [7, 11) is 0. The van der Waals surface area contributed by atoms with Crippen LogP contribution in [-0.4, -0.2) is 73.6 Å². The molecule has 0 bridgehead atoms. The quantitative estimate of drug-likeness (QED) is 0.753. The SMILES string of the molecule is Cc1cccc(N2CCN(c3nc(C)cc(N4CCN(C=O)CC4)n3)CC2)c1. The van der Waals surface area contributed by atoms with Crippen LogP contribution in [-0.2, 0) is 4.79 Å². The fraction of sp³-hybridized carbons (Fsp3) is 0.476. The molecule has 0 aliphatic carbocycles. The molecule has 2 aromatic rings. The molecule has 1 amide bonds. The molecule has 4 rings (SSSR count). The molecule has 0 atom stereocenters. The second-order valence-corrected chi connectivity index (χ2v) is 7.61. The molecule has 2 fully saturated rings. The first-order chi connectivity index (χ1) is 13.6. The van der Waals surface area contributed by atoms with E-state index in [9.17, 15) is 4.79 Å². The zero-order valence-corrected chi connectivity index (χ0v) is 16.7. The van der Waals surface area contributed by atoms with Gasteiger partial charge in [0.25, 0.3) is 0 Å². The van der Waals surface area contributed by atoms with Crippen molar-refractivity contribution in [2.24, 2.45) is 0 Å². The van der Waals surface area contributed by atoms with E-state index in [0.717, 1.165) is 76.2 Å². The number of hydrogen-bond donors (Lipinski definition) is 0. The van der Waals surface area contributed by atoms with E-state index in [-0.39, 0.29) is 0 Å². The number of benzene rings is 1. The van der Waals surface area contributed by atoms with E-state index >= 15 is 0 Å². The van der Waals surface area contributed by atoms with E-state index in [4.69, 9.17) is 9.97 Å². The lowest BCUT2D eigenvalue weighted by molar-refractivity contribution is -0.118. The number of hydrogen-bond acceptors (Lipinski definition) is 6. The number of amides is 1. The molecule has 1 aromatic heterocycles. The molecule has 0 saturated carbocycles. The third kappa shape index (κ3) is 4.03. The number of aryl methyl sites for hydroxylation is 2. The molecule has 7 nitrogen and oxygen atoms in total. The van der Waals surface area contributed by atoms with Crippen molar-refractivity contribution in [2.45, 2.75) is 13.8 Å². The van der Waals surface area contributed by atoms with Gasteiger partial charge in [0.1, 0.15) is 5.82 Å². The highest BCUT2D eigenvalue weighted by Gasteiger charge is 2.22. The maximum Gasteiger partial charge on any atom is 0.227 e. The van der Waals surface area contributed by atoms with Crippen LogP contribution in [0.15, 0.2) is 30.3 Å². The molecule has 0 unspecified atom stereocenters. The summed E-state index contributed by atoms with van der Waals surface area (Å²) in [6.07, 6.45) is 0.932. The monoisotopic (exact) mass is 380 g/mol. The highest BCUT2D eigenvalue weighted by molar-refractivity contribution is 5.52. The first kappa shape index (κ1) is 18.5. The topological polar surface area (TPSA) is 55.8 Å². The molecular weight excluding hydrogens is 352 g/mol. The van der Waals surface area contributed by atoms with Gasteiger partial charge >= 0.3 is 0 Å². The molecular formula is C21H28N6O. The number of nitrogens with zero attached hydrogens (tertiary/aromatic N) is 6. The molecule has 0 spiro atoms. The van der Waals surface area contributed by atoms with Gasteiger partial charge in [-0.15, -0.1) is 0 Å². The van der Waals surface area contributed by atoms with Crippen LogP contribution in [0.3, 0.4) is 0 Å². The molecule has 148 valence electrons. The predicted octanol–water partition coefficient (Wildman–Crippen LogP) is 1.70. The number of carbonyl (C=O) groups is 1. The van der Waals surface area contributed by atoms with Crippen LogP contribution in [0.2, 0.25) is 0 Å². The van der Waals surface area contributed by atoms with E-state index in [1.54, 1.807) is 0 Å². The normalized spacial score (nSPS) is 17.8. The zero-order valence-electron chi connectivity index (χ0n) is 16.7. The van der Waals surface area contributed by atoms with Crippen LogP contribution in [0.5, 0.6) is 0 Å². The predicted molar refractivity (Wildman–Crippen MR) is 112 cm³/mol. The second kappa shape index (κ2) is 8.04. The van der Waals surface area contributed by atoms with E-state index in [1.165, 1.54) is 11.3 Å². The average Bonchev–Trinajstić information content (AvgIpc) is 2.73. The number of piperazine rings is 2. The van der Waals surface area contributed by atoms with Crippen LogP contribution < -0.4 is 14.7 Å². The van der Waals surface area contributed by atoms with Gasteiger partial charge in [-0.3, -0.25) is 4.79 Å². The third-order valence-corrected chi connectivity index (χ3v) is 5.55. The molecule has 3 heterocycles. The molecule has 7 heteroatoms. The minimum atomic E-state index is 0.747. The van der Waals surface area contributed by atoms with Crippen molar-refractivity contribution < 1.29 is 4.79 Å². The molecule has 2 aliphatic heterocycles. The van der Waals surface area contributed by atoms with Crippen molar-refractivity contribution in [3.05, 3.63) is 41.6 Å². The van der Waals surface area contributed by atoms with Gasteiger partial charge in [0, 0.05) is 69.8 Å². The number of rotatable bonds is 4. The van der Waals surface area contributed by atoms with Crippen molar-refractivity contribution in [1.29, 1.82) is 0 Å². The van der Waals surface area contributed by atoms with Crippen LogP contribution in [0.4, 0.5) is 17.5 Å². The Balaban J connectivity index is 1.44. The Hall–Kier alpha value is -2.83. The Kier molecular flexibility index (Phi) is 5.32. The maximum absolute atomic E-state index is 10.9. The van der Waals surface area contributed by atoms with Gasteiger partial charge in [-0.2, -0.15) is 4.98 Å². The lowest BCUT2D eigenvalue weighted by Gasteiger charge is -2.37. The van der Waals surface area contributed by atoms with Crippen LogP contribution in [0.1, 0.15) is 11.3 Å². The number of carbonyl (C=O) groups excluding carboxylic acids is 1. The van der Waals surface area contributed by atoms with E-state index in [1.807, 2.05) is 17.9 Å². The molecule has 0 radical (unpaired) electrons.